The van der Waals surface area contributed by atoms with Crippen LogP contribution in [-0.2, 0) is 6.42 Å². The van der Waals surface area contributed by atoms with Crippen LogP contribution < -0.4 is 10.6 Å². The maximum absolute atomic E-state index is 6.42. The highest BCUT2D eigenvalue weighted by Gasteiger charge is 2.19. The molecule has 0 radical (unpaired) electrons. The summed E-state index contributed by atoms with van der Waals surface area (Å²) in [5, 5.41) is 7.91. The molecular weight excluding hydrogens is 329 g/mol. The molecule has 0 spiro atoms. The lowest BCUT2D eigenvalue weighted by atomic mass is 9.99. The van der Waals surface area contributed by atoms with E-state index >= 15 is 0 Å². The van der Waals surface area contributed by atoms with E-state index < -0.39 is 0 Å². The lowest BCUT2D eigenvalue weighted by Gasteiger charge is -2.22. The highest BCUT2D eigenvalue weighted by Crippen LogP contribution is 2.32. The van der Waals surface area contributed by atoms with E-state index in [0.29, 0.717) is 10.0 Å². The summed E-state index contributed by atoms with van der Waals surface area (Å²) in [4.78, 5) is 4.43. The Kier molecular flexibility index (Phi) is 5.42. The van der Waals surface area contributed by atoms with Gasteiger partial charge >= 0.3 is 0 Å². The van der Waals surface area contributed by atoms with Gasteiger partial charge in [0.05, 0.1) is 22.6 Å². The second kappa shape index (κ2) is 7.71. The summed E-state index contributed by atoms with van der Waals surface area (Å²) in [7, 11) is 0. The summed E-state index contributed by atoms with van der Waals surface area (Å²) in [6.45, 7) is 1.67. The number of aliphatic imine (C=N–C) groups is 1. The molecule has 5 heteroatoms. The van der Waals surface area contributed by atoms with Crippen LogP contribution in [0.2, 0.25) is 10.0 Å². The average Bonchev–Trinajstić information content (AvgIpc) is 3.08. The lowest BCUT2D eigenvalue weighted by Crippen LogP contribution is -2.37. The van der Waals surface area contributed by atoms with Gasteiger partial charge in [-0.3, -0.25) is 4.99 Å². The second-order valence-electron chi connectivity index (χ2n) is 5.52. The smallest absolute Gasteiger partial charge is 0.191 e. The van der Waals surface area contributed by atoms with Gasteiger partial charge in [-0.25, -0.2) is 0 Å². The first-order valence-electron chi connectivity index (χ1n) is 7.77. The fourth-order valence-electron chi connectivity index (χ4n) is 2.71. The Morgan fingerprint density at radius 2 is 1.91 bits per heavy atom. The standard InChI is InChI=1S/C18H19Cl2N3/c19-15-8-4-7-14(17(15)20)16(23-18-21-11-12-22-18)10-9-13-5-2-1-3-6-13/h1-8,16H,9-12H2,(H2,21,22,23). The van der Waals surface area contributed by atoms with Crippen molar-refractivity contribution >= 4 is 29.2 Å². The zero-order valence-electron chi connectivity index (χ0n) is 12.7. The first kappa shape index (κ1) is 16.2. The van der Waals surface area contributed by atoms with Gasteiger partial charge in [0.1, 0.15) is 0 Å². The van der Waals surface area contributed by atoms with Gasteiger partial charge in [0, 0.05) is 6.54 Å². The van der Waals surface area contributed by atoms with E-state index in [1.54, 1.807) is 0 Å². The van der Waals surface area contributed by atoms with E-state index in [0.717, 1.165) is 37.5 Å². The SMILES string of the molecule is Clc1cccc(C(CCc2ccccc2)NC2=NCCN2)c1Cl. The summed E-state index contributed by atoms with van der Waals surface area (Å²) >= 11 is 12.6. The molecule has 2 N–H and O–H groups in total. The molecule has 1 unspecified atom stereocenters. The molecule has 0 saturated carbocycles. The minimum atomic E-state index is 0.0609. The van der Waals surface area contributed by atoms with Crippen LogP contribution >= 0.6 is 23.2 Å². The first-order chi connectivity index (χ1) is 11.2. The van der Waals surface area contributed by atoms with Crippen LogP contribution in [0, 0.1) is 0 Å². The lowest BCUT2D eigenvalue weighted by molar-refractivity contribution is 0.584. The zero-order chi connectivity index (χ0) is 16.1. The zero-order valence-corrected chi connectivity index (χ0v) is 14.2. The molecule has 0 fully saturated rings. The summed E-state index contributed by atoms with van der Waals surface area (Å²) in [5.41, 5.74) is 2.31. The van der Waals surface area contributed by atoms with Crippen LogP contribution in [0.1, 0.15) is 23.6 Å². The van der Waals surface area contributed by atoms with Gasteiger partial charge in [-0.15, -0.1) is 0 Å². The normalized spacial score (nSPS) is 15.0. The molecule has 3 nitrogen and oxygen atoms in total. The summed E-state index contributed by atoms with van der Waals surface area (Å²) in [6.07, 6.45) is 1.86. The number of hydrogen-bond donors (Lipinski definition) is 2. The van der Waals surface area contributed by atoms with E-state index in [9.17, 15) is 0 Å². The Bertz CT molecular complexity index is 686. The van der Waals surface area contributed by atoms with Crippen LogP contribution in [0.3, 0.4) is 0 Å². The number of benzene rings is 2. The molecule has 1 heterocycles. The molecule has 0 aromatic heterocycles. The van der Waals surface area contributed by atoms with Crippen molar-refractivity contribution in [1.82, 2.24) is 10.6 Å². The van der Waals surface area contributed by atoms with Crippen molar-refractivity contribution in [3.8, 4) is 0 Å². The molecule has 3 rings (SSSR count). The Hall–Kier alpha value is -1.71. The van der Waals surface area contributed by atoms with Gasteiger partial charge in [-0.2, -0.15) is 0 Å². The van der Waals surface area contributed by atoms with Gasteiger partial charge in [0.2, 0.25) is 0 Å². The first-order valence-corrected chi connectivity index (χ1v) is 8.52. The van der Waals surface area contributed by atoms with E-state index in [1.165, 1.54) is 5.56 Å². The van der Waals surface area contributed by atoms with Crippen LogP contribution in [0.15, 0.2) is 53.5 Å². The van der Waals surface area contributed by atoms with Crippen molar-refractivity contribution in [1.29, 1.82) is 0 Å². The molecule has 0 amide bonds. The van der Waals surface area contributed by atoms with Gasteiger partial charge in [-0.1, -0.05) is 65.7 Å². The third kappa shape index (κ3) is 4.18. The van der Waals surface area contributed by atoms with Crippen molar-refractivity contribution in [2.75, 3.05) is 13.1 Å². The number of guanidine groups is 1. The summed E-state index contributed by atoms with van der Waals surface area (Å²) < 4.78 is 0. The predicted octanol–water partition coefficient (Wildman–Crippen LogP) is 4.22. The maximum Gasteiger partial charge on any atom is 0.191 e. The molecule has 0 aliphatic carbocycles. The minimum absolute atomic E-state index is 0.0609. The molecule has 1 aliphatic heterocycles. The third-order valence-corrected chi connectivity index (χ3v) is 4.74. The molecule has 120 valence electrons. The van der Waals surface area contributed by atoms with Gasteiger partial charge < -0.3 is 10.6 Å². The molecule has 1 atom stereocenters. The average molecular weight is 348 g/mol. The number of nitrogens with zero attached hydrogens (tertiary/aromatic N) is 1. The van der Waals surface area contributed by atoms with Crippen LogP contribution in [-0.4, -0.2) is 19.0 Å². The number of hydrogen-bond acceptors (Lipinski definition) is 3. The number of rotatable bonds is 5. The number of aryl methyl sites for hydroxylation is 1. The van der Waals surface area contributed by atoms with Gasteiger partial charge in [0.15, 0.2) is 5.96 Å². The van der Waals surface area contributed by atoms with Crippen molar-refractivity contribution in [3.63, 3.8) is 0 Å². The largest absolute Gasteiger partial charge is 0.355 e. The minimum Gasteiger partial charge on any atom is -0.355 e. The molecule has 2 aromatic carbocycles. The van der Waals surface area contributed by atoms with E-state index in [-0.39, 0.29) is 6.04 Å². The van der Waals surface area contributed by atoms with E-state index in [4.69, 9.17) is 23.2 Å². The van der Waals surface area contributed by atoms with Crippen LogP contribution in [0.25, 0.3) is 0 Å². The molecular formula is C18H19Cl2N3. The second-order valence-corrected chi connectivity index (χ2v) is 6.31. The van der Waals surface area contributed by atoms with Gasteiger partial charge in [-0.05, 0) is 30.0 Å². The quantitative estimate of drug-likeness (QED) is 0.849. The highest BCUT2D eigenvalue weighted by atomic mass is 35.5. The topological polar surface area (TPSA) is 36.4 Å². The molecule has 0 bridgehead atoms. The van der Waals surface area contributed by atoms with Crippen LogP contribution in [0.5, 0.6) is 0 Å². The van der Waals surface area contributed by atoms with Crippen molar-refractivity contribution in [2.45, 2.75) is 18.9 Å². The molecule has 1 aliphatic rings. The number of nitrogens with one attached hydrogen (secondary N) is 2. The van der Waals surface area contributed by atoms with Crippen molar-refractivity contribution < 1.29 is 0 Å². The van der Waals surface area contributed by atoms with E-state index in [1.807, 2.05) is 24.3 Å². The van der Waals surface area contributed by atoms with Crippen molar-refractivity contribution in [2.24, 2.45) is 4.99 Å². The van der Waals surface area contributed by atoms with Gasteiger partial charge in [0.25, 0.3) is 0 Å². The Morgan fingerprint density at radius 1 is 1.09 bits per heavy atom. The molecule has 23 heavy (non-hydrogen) atoms. The van der Waals surface area contributed by atoms with Crippen molar-refractivity contribution in [3.05, 3.63) is 69.7 Å². The summed E-state index contributed by atoms with van der Waals surface area (Å²) in [6, 6.07) is 16.3. The highest BCUT2D eigenvalue weighted by molar-refractivity contribution is 6.42. The molecule has 2 aromatic rings. The Labute approximate surface area is 146 Å². The predicted molar refractivity (Wildman–Crippen MR) is 97.4 cm³/mol. The third-order valence-electron chi connectivity index (χ3n) is 3.91. The maximum atomic E-state index is 6.42. The monoisotopic (exact) mass is 347 g/mol. The summed E-state index contributed by atoms with van der Waals surface area (Å²) in [5.74, 6) is 0.833. The fourth-order valence-corrected chi connectivity index (χ4v) is 3.15. The Morgan fingerprint density at radius 3 is 2.65 bits per heavy atom. The van der Waals surface area contributed by atoms with Crippen LogP contribution in [0.4, 0.5) is 0 Å². The fraction of sp³-hybridized carbons (Fsp3) is 0.278. The number of halogens is 2. The Balaban J connectivity index is 1.79. The van der Waals surface area contributed by atoms with E-state index in [2.05, 4.69) is 39.9 Å². The molecule has 0 saturated heterocycles.